The summed E-state index contributed by atoms with van der Waals surface area (Å²) in [5.41, 5.74) is -1.05. The van der Waals surface area contributed by atoms with Gasteiger partial charge < -0.3 is 15.5 Å². The monoisotopic (exact) mass is 320 g/mol. The van der Waals surface area contributed by atoms with Gasteiger partial charge in [0.2, 0.25) is 0 Å². The average molecular weight is 320 g/mol. The van der Waals surface area contributed by atoms with Crippen molar-refractivity contribution in [3.8, 4) is 0 Å². The van der Waals surface area contributed by atoms with Crippen LogP contribution in [-0.4, -0.2) is 32.3 Å². The van der Waals surface area contributed by atoms with Crippen LogP contribution >= 0.6 is 0 Å². The molecule has 0 saturated carbocycles. The molecule has 1 heterocycles. The second-order valence-corrected chi connectivity index (χ2v) is 8.19. The molecule has 1 aliphatic heterocycles. The molecular formula is C17H26N3O3. The lowest BCUT2D eigenvalue weighted by Crippen LogP contribution is -3.10. The van der Waals surface area contributed by atoms with Crippen LogP contribution in [0.2, 0.25) is 0 Å². The molecule has 0 amide bonds. The van der Waals surface area contributed by atoms with Gasteiger partial charge in [-0.3, -0.25) is 4.74 Å². The minimum atomic E-state index is -0.843. The number of quaternary nitrogens is 1. The molecule has 6 nitrogen and oxygen atoms in total. The Morgan fingerprint density at radius 2 is 1.57 bits per heavy atom. The minimum Gasteiger partial charge on any atom is -0.714 e. The van der Waals surface area contributed by atoms with Gasteiger partial charge in [0.1, 0.15) is 11.2 Å². The maximum absolute atomic E-state index is 12.6. The van der Waals surface area contributed by atoms with E-state index < -0.39 is 16.6 Å². The van der Waals surface area contributed by atoms with E-state index in [1.807, 2.05) is 20.8 Å². The van der Waals surface area contributed by atoms with Gasteiger partial charge in [-0.05, 0) is 60.6 Å². The summed E-state index contributed by atoms with van der Waals surface area (Å²) in [5, 5.41) is 38.3. The molecule has 1 aromatic rings. The van der Waals surface area contributed by atoms with Crippen molar-refractivity contribution in [2.24, 2.45) is 0 Å². The second kappa shape index (κ2) is 5.19. The average Bonchev–Trinajstić information content (AvgIpc) is 2.56. The first-order valence-corrected chi connectivity index (χ1v) is 7.79. The highest BCUT2D eigenvalue weighted by Crippen LogP contribution is 2.37. The smallest absolute Gasteiger partial charge is 0.316 e. The molecule has 0 fully saturated rings. The van der Waals surface area contributed by atoms with Gasteiger partial charge in [0.25, 0.3) is 0 Å². The Hall–Kier alpha value is -1.63. The molecule has 127 valence electrons. The number of hydrogen-bond donors (Lipinski definition) is 1. The second-order valence-electron chi connectivity index (χ2n) is 8.19. The number of nitrogens with zero attached hydrogens (tertiary/aromatic N) is 2. The molecule has 0 bridgehead atoms. The van der Waals surface area contributed by atoms with Gasteiger partial charge in [0.15, 0.2) is 5.54 Å². The van der Waals surface area contributed by atoms with E-state index >= 15 is 0 Å². The Morgan fingerprint density at radius 1 is 1.09 bits per heavy atom. The number of rotatable bonds is 2. The number of hydroxylamine groups is 4. The maximum Gasteiger partial charge on any atom is 0.316 e. The lowest BCUT2D eigenvalue weighted by Gasteiger charge is -2.34. The Labute approximate surface area is 137 Å². The first-order chi connectivity index (χ1) is 10.3. The zero-order chi connectivity index (χ0) is 17.8. The molecule has 0 spiro atoms. The summed E-state index contributed by atoms with van der Waals surface area (Å²) >= 11 is 0. The van der Waals surface area contributed by atoms with E-state index in [0.717, 1.165) is 9.80 Å². The topological polar surface area (TPSA) is 76.7 Å². The van der Waals surface area contributed by atoms with Crippen molar-refractivity contribution in [2.75, 3.05) is 0 Å². The van der Waals surface area contributed by atoms with E-state index in [1.54, 1.807) is 52.0 Å². The zero-order valence-electron chi connectivity index (χ0n) is 14.9. The van der Waals surface area contributed by atoms with Crippen molar-refractivity contribution in [2.45, 2.75) is 65.1 Å². The molecule has 1 unspecified atom stereocenters. The summed E-state index contributed by atoms with van der Waals surface area (Å²) in [7, 11) is 0. The van der Waals surface area contributed by atoms with Crippen LogP contribution in [0.25, 0.3) is 0 Å². The fourth-order valence-electron chi connectivity index (χ4n) is 2.55. The molecule has 0 aromatic heterocycles. The highest BCUT2D eigenvalue weighted by Gasteiger charge is 2.59. The molecule has 6 heteroatoms. The molecule has 1 aromatic carbocycles. The highest BCUT2D eigenvalue weighted by atomic mass is 16.5. The lowest BCUT2D eigenvalue weighted by molar-refractivity contribution is -0.832. The van der Waals surface area contributed by atoms with Gasteiger partial charge in [-0.1, -0.05) is 5.06 Å². The Kier molecular flexibility index (Phi) is 4.00. The summed E-state index contributed by atoms with van der Waals surface area (Å²) in [5.74, 6) is 0.0924. The third-order valence-electron chi connectivity index (χ3n) is 4.98. The normalized spacial score (nSPS) is 21.7. The minimum absolute atomic E-state index is 0.0269. The molecule has 1 atom stereocenters. The molecular weight excluding hydrogens is 294 g/mol. The van der Waals surface area contributed by atoms with Gasteiger partial charge in [-0.15, -0.1) is 0 Å². The summed E-state index contributed by atoms with van der Waals surface area (Å²) in [6, 6.07) is 6.69. The molecule has 23 heavy (non-hydrogen) atoms. The number of amidine groups is 1. The van der Waals surface area contributed by atoms with Crippen LogP contribution in [0.5, 0.6) is 0 Å². The van der Waals surface area contributed by atoms with E-state index in [1.165, 1.54) is 0 Å². The van der Waals surface area contributed by atoms with Crippen molar-refractivity contribution in [3.05, 3.63) is 40.2 Å². The molecule has 1 aliphatic rings. The number of nitrogens with one attached hydrogen (secondary N) is 1. The zero-order valence-corrected chi connectivity index (χ0v) is 14.9. The van der Waals surface area contributed by atoms with Gasteiger partial charge in [0.05, 0.1) is 11.1 Å². The van der Waals surface area contributed by atoms with E-state index in [2.05, 4.69) is 0 Å². The van der Waals surface area contributed by atoms with Gasteiger partial charge in [-0.2, -0.15) is 0 Å². The van der Waals surface area contributed by atoms with Crippen molar-refractivity contribution < 1.29 is 15.0 Å². The molecule has 0 aliphatic carbocycles. The standard InChI is InChI=1S/C17H26N3O3/c1-15(2,3)18(21)13-10-8-12(9-11-13)14-19(22)16(4,5)17(6,7)20(14)23/h8-11,18H,1-7H3. The Bertz CT molecular complexity index is 627. The van der Waals surface area contributed by atoms with Crippen LogP contribution in [-0.2, 0) is 5.21 Å². The summed E-state index contributed by atoms with van der Waals surface area (Å²) < 4.78 is 0.778. The SMILES string of the molecule is CC(C)(C)[NH+]([O-])c1ccc(C2=[N+]([O-])C(C)(C)C(C)(C)N2[O])cc1. The maximum atomic E-state index is 12.6. The van der Waals surface area contributed by atoms with Crippen LogP contribution < -0.4 is 5.06 Å². The Balaban J connectivity index is 2.43. The Morgan fingerprint density at radius 3 is 1.91 bits per heavy atom. The summed E-state index contributed by atoms with van der Waals surface area (Å²) in [6.07, 6.45) is 0. The first-order valence-electron chi connectivity index (χ1n) is 7.79. The third-order valence-corrected chi connectivity index (χ3v) is 4.98. The van der Waals surface area contributed by atoms with Crippen LogP contribution in [0.15, 0.2) is 24.3 Å². The van der Waals surface area contributed by atoms with Gasteiger partial charge in [-0.25, -0.2) is 0 Å². The third kappa shape index (κ3) is 2.60. The van der Waals surface area contributed by atoms with Crippen LogP contribution in [0.3, 0.4) is 0 Å². The van der Waals surface area contributed by atoms with Crippen LogP contribution in [0.4, 0.5) is 5.69 Å². The summed E-state index contributed by atoms with van der Waals surface area (Å²) in [6.45, 7) is 12.6. The predicted molar refractivity (Wildman–Crippen MR) is 88.6 cm³/mol. The van der Waals surface area contributed by atoms with Crippen molar-refractivity contribution >= 4 is 11.5 Å². The number of hydrogen-bond acceptors (Lipinski definition) is 3. The number of benzene rings is 1. The van der Waals surface area contributed by atoms with E-state index in [4.69, 9.17) is 0 Å². The fraction of sp³-hybridized carbons (Fsp3) is 0.588. The predicted octanol–water partition coefficient (Wildman–Crippen LogP) is 1.97. The van der Waals surface area contributed by atoms with Crippen molar-refractivity contribution in [3.63, 3.8) is 0 Å². The summed E-state index contributed by atoms with van der Waals surface area (Å²) in [4.78, 5) is 0. The fourth-order valence-corrected chi connectivity index (χ4v) is 2.55. The lowest BCUT2D eigenvalue weighted by atomic mass is 9.84. The largest absolute Gasteiger partial charge is 0.714 e. The van der Waals surface area contributed by atoms with Gasteiger partial charge in [0, 0.05) is 17.3 Å². The quantitative estimate of drug-likeness (QED) is 0.514. The van der Waals surface area contributed by atoms with Crippen LogP contribution in [0, 0.1) is 10.4 Å². The van der Waals surface area contributed by atoms with Crippen molar-refractivity contribution in [1.29, 1.82) is 0 Å². The van der Waals surface area contributed by atoms with Crippen LogP contribution in [0.1, 0.15) is 54.0 Å². The molecule has 1 N–H and O–H groups in total. The van der Waals surface area contributed by atoms with E-state index in [9.17, 15) is 15.6 Å². The van der Waals surface area contributed by atoms with Crippen molar-refractivity contribution in [1.82, 2.24) is 5.06 Å². The van der Waals surface area contributed by atoms with E-state index in [0.29, 0.717) is 11.3 Å². The molecule has 2 rings (SSSR count). The van der Waals surface area contributed by atoms with E-state index in [-0.39, 0.29) is 10.9 Å². The first kappa shape index (κ1) is 17.7. The highest BCUT2D eigenvalue weighted by molar-refractivity contribution is 5.96. The van der Waals surface area contributed by atoms with Gasteiger partial charge >= 0.3 is 5.84 Å². The molecule has 1 radical (unpaired) electrons. The molecule has 0 saturated heterocycles.